The fourth-order valence-electron chi connectivity index (χ4n) is 3.25. The fourth-order valence-corrected chi connectivity index (χ4v) is 3.25. The molecule has 0 bridgehead atoms. The maximum atomic E-state index is 6.07. The third-order valence-corrected chi connectivity index (χ3v) is 4.64. The number of hydrogen-bond acceptors (Lipinski definition) is 2. The summed E-state index contributed by atoms with van der Waals surface area (Å²) in [6, 6.07) is 15.7. The van der Waals surface area contributed by atoms with Crippen molar-refractivity contribution in [3.05, 3.63) is 48.0 Å². The fraction of sp³-hybridized carbons (Fsp3) is 0.444. The van der Waals surface area contributed by atoms with Crippen LogP contribution in [0.3, 0.4) is 0 Å². The lowest BCUT2D eigenvalue weighted by molar-refractivity contribution is 0.141. The number of nitrogens with two attached hydrogens (primary N) is 1. The summed E-state index contributed by atoms with van der Waals surface area (Å²) in [6.45, 7) is 5.41. The van der Waals surface area contributed by atoms with Crippen LogP contribution in [0.25, 0.3) is 10.8 Å². The van der Waals surface area contributed by atoms with Gasteiger partial charge in [0.15, 0.2) is 0 Å². The summed E-state index contributed by atoms with van der Waals surface area (Å²) in [6.07, 6.45) is 2.59. The first-order chi connectivity index (χ1) is 9.78. The number of fused-ring (bicyclic) bond motifs is 1. The molecule has 0 amide bonds. The molecule has 1 atom stereocenters. The Kier molecular flexibility index (Phi) is 4.04. The Morgan fingerprint density at radius 3 is 2.50 bits per heavy atom. The average Bonchev–Trinajstić information content (AvgIpc) is 2.50. The summed E-state index contributed by atoms with van der Waals surface area (Å²) < 4.78 is 0. The van der Waals surface area contributed by atoms with Gasteiger partial charge in [-0.3, -0.25) is 4.90 Å². The molecule has 2 heteroatoms. The third-order valence-electron chi connectivity index (χ3n) is 4.64. The van der Waals surface area contributed by atoms with Crippen molar-refractivity contribution in [2.75, 3.05) is 19.6 Å². The minimum atomic E-state index is 0.368. The van der Waals surface area contributed by atoms with E-state index in [1.807, 2.05) is 0 Å². The van der Waals surface area contributed by atoms with Crippen LogP contribution < -0.4 is 5.73 Å². The standard InChI is InChI=1S/C18H24N2/c1-14-8-10-20(11-9-14)18(13-19)17-7-6-15-4-2-3-5-16(15)12-17/h2-7,12,14,18H,8-11,13,19H2,1H3. The quantitative estimate of drug-likeness (QED) is 0.922. The van der Waals surface area contributed by atoms with Crippen LogP contribution in [0.4, 0.5) is 0 Å². The summed E-state index contributed by atoms with van der Waals surface area (Å²) >= 11 is 0. The highest BCUT2D eigenvalue weighted by Gasteiger charge is 2.23. The number of likely N-dealkylation sites (tertiary alicyclic amines) is 1. The SMILES string of the molecule is CC1CCN(C(CN)c2ccc3ccccc3c2)CC1. The Morgan fingerprint density at radius 1 is 1.10 bits per heavy atom. The molecular weight excluding hydrogens is 244 g/mol. The molecule has 106 valence electrons. The monoisotopic (exact) mass is 268 g/mol. The average molecular weight is 268 g/mol. The second-order valence-electron chi connectivity index (χ2n) is 6.08. The first-order valence-corrected chi connectivity index (χ1v) is 7.71. The van der Waals surface area contributed by atoms with Crippen molar-refractivity contribution in [1.82, 2.24) is 4.90 Å². The van der Waals surface area contributed by atoms with E-state index in [2.05, 4.69) is 54.3 Å². The van der Waals surface area contributed by atoms with Crippen LogP contribution in [0.15, 0.2) is 42.5 Å². The first-order valence-electron chi connectivity index (χ1n) is 7.71. The van der Waals surface area contributed by atoms with E-state index in [0.29, 0.717) is 12.6 Å². The van der Waals surface area contributed by atoms with Crippen molar-refractivity contribution in [3.63, 3.8) is 0 Å². The van der Waals surface area contributed by atoms with Gasteiger partial charge in [-0.1, -0.05) is 43.3 Å². The van der Waals surface area contributed by atoms with E-state index < -0.39 is 0 Å². The molecule has 1 fully saturated rings. The number of piperidine rings is 1. The van der Waals surface area contributed by atoms with E-state index in [0.717, 1.165) is 5.92 Å². The molecule has 1 aliphatic heterocycles. The molecule has 1 aliphatic rings. The Morgan fingerprint density at radius 2 is 1.80 bits per heavy atom. The predicted molar refractivity (Wildman–Crippen MR) is 85.7 cm³/mol. The van der Waals surface area contributed by atoms with E-state index in [9.17, 15) is 0 Å². The lowest BCUT2D eigenvalue weighted by Gasteiger charge is -2.36. The van der Waals surface area contributed by atoms with Crippen molar-refractivity contribution in [2.24, 2.45) is 11.7 Å². The maximum absolute atomic E-state index is 6.07. The van der Waals surface area contributed by atoms with Gasteiger partial charge < -0.3 is 5.73 Å². The number of rotatable bonds is 3. The van der Waals surface area contributed by atoms with E-state index >= 15 is 0 Å². The number of hydrogen-bond donors (Lipinski definition) is 1. The Balaban J connectivity index is 1.87. The molecular formula is C18H24N2. The summed E-state index contributed by atoms with van der Waals surface area (Å²) in [4.78, 5) is 2.56. The highest BCUT2D eigenvalue weighted by Crippen LogP contribution is 2.28. The van der Waals surface area contributed by atoms with Crippen LogP contribution in [0.2, 0.25) is 0 Å². The topological polar surface area (TPSA) is 29.3 Å². The second-order valence-corrected chi connectivity index (χ2v) is 6.08. The Hall–Kier alpha value is -1.38. The molecule has 0 aromatic heterocycles. The highest BCUT2D eigenvalue weighted by atomic mass is 15.2. The maximum Gasteiger partial charge on any atom is 0.0470 e. The second kappa shape index (κ2) is 5.94. The summed E-state index contributed by atoms with van der Waals surface area (Å²) in [5, 5.41) is 2.62. The lowest BCUT2D eigenvalue weighted by Crippen LogP contribution is -2.39. The molecule has 2 aromatic carbocycles. The van der Waals surface area contributed by atoms with Crippen molar-refractivity contribution in [3.8, 4) is 0 Å². The molecule has 0 saturated carbocycles. The molecule has 0 radical (unpaired) electrons. The van der Waals surface area contributed by atoms with Crippen LogP contribution in [-0.2, 0) is 0 Å². The highest BCUT2D eigenvalue weighted by molar-refractivity contribution is 5.83. The largest absolute Gasteiger partial charge is 0.329 e. The molecule has 2 N–H and O–H groups in total. The lowest BCUT2D eigenvalue weighted by atomic mass is 9.95. The zero-order chi connectivity index (χ0) is 13.9. The van der Waals surface area contributed by atoms with Crippen LogP contribution >= 0.6 is 0 Å². The molecule has 3 rings (SSSR count). The molecule has 0 spiro atoms. The van der Waals surface area contributed by atoms with Gasteiger partial charge in [-0.15, -0.1) is 0 Å². The molecule has 0 aliphatic carbocycles. The van der Waals surface area contributed by atoms with E-state index in [4.69, 9.17) is 5.73 Å². The third kappa shape index (κ3) is 2.72. The van der Waals surface area contributed by atoms with Crippen LogP contribution in [-0.4, -0.2) is 24.5 Å². The van der Waals surface area contributed by atoms with Crippen LogP contribution in [0.1, 0.15) is 31.4 Å². The van der Waals surface area contributed by atoms with Crippen molar-refractivity contribution < 1.29 is 0 Å². The first kappa shape index (κ1) is 13.6. The normalized spacial score (nSPS) is 19.3. The number of benzene rings is 2. The predicted octanol–water partition coefficient (Wildman–Crippen LogP) is 3.57. The summed E-state index contributed by atoms with van der Waals surface area (Å²) in [7, 11) is 0. The van der Waals surface area contributed by atoms with E-state index in [1.54, 1.807) is 0 Å². The van der Waals surface area contributed by atoms with Gasteiger partial charge in [-0.25, -0.2) is 0 Å². The van der Waals surface area contributed by atoms with E-state index in [-0.39, 0.29) is 0 Å². The Labute approximate surface area is 121 Å². The van der Waals surface area contributed by atoms with Gasteiger partial charge >= 0.3 is 0 Å². The van der Waals surface area contributed by atoms with Crippen molar-refractivity contribution >= 4 is 10.8 Å². The van der Waals surface area contributed by atoms with Gasteiger partial charge in [0.05, 0.1) is 0 Å². The van der Waals surface area contributed by atoms with Gasteiger partial charge in [-0.2, -0.15) is 0 Å². The van der Waals surface area contributed by atoms with Gasteiger partial charge in [0.1, 0.15) is 0 Å². The van der Waals surface area contributed by atoms with Crippen molar-refractivity contribution in [2.45, 2.75) is 25.8 Å². The van der Waals surface area contributed by atoms with Gasteiger partial charge in [0, 0.05) is 12.6 Å². The minimum Gasteiger partial charge on any atom is -0.329 e. The minimum absolute atomic E-state index is 0.368. The van der Waals surface area contributed by atoms with Crippen molar-refractivity contribution in [1.29, 1.82) is 0 Å². The van der Waals surface area contributed by atoms with Gasteiger partial charge in [0.2, 0.25) is 0 Å². The molecule has 2 nitrogen and oxygen atoms in total. The van der Waals surface area contributed by atoms with Crippen LogP contribution in [0, 0.1) is 5.92 Å². The Bertz CT molecular complexity index is 570. The molecule has 1 heterocycles. The van der Waals surface area contributed by atoms with Gasteiger partial charge in [0.25, 0.3) is 0 Å². The number of nitrogens with zero attached hydrogens (tertiary/aromatic N) is 1. The zero-order valence-corrected chi connectivity index (χ0v) is 12.3. The smallest absolute Gasteiger partial charge is 0.0470 e. The van der Waals surface area contributed by atoms with Gasteiger partial charge in [-0.05, 0) is 54.3 Å². The zero-order valence-electron chi connectivity index (χ0n) is 12.3. The molecule has 2 aromatic rings. The molecule has 1 saturated heterocycles. The van der Waals surface area contributed by atoms with Crippen LogP contribution in [0.5, 0.6) is 0 Å². The summed E-state index contributed by atoms with van der Waals surface area (Å²) in [5.41, 5.74) is 7.43. The summed E-state index contributed by atoms with van der Waals surface area (Å²) in [5.74, 6) is 0.862. The molecule has 1 unspecified atom stereocenters. The van der Waals surface area contributed by atoms with E-state index in [1.165, 1.54) is 42.3 Å². The molecule has 20 heavy (non-hydrogen) atoms.